The van der Waals surface area contributed by atoms with Gasteiger partial charge < -0.3 is 9.47 Å². The molecule has 0 aromatic carbocycles. The molecule has 1 fully saturated rings. The zero-order valence-electron chi connectivity index (χ0n) is 9.92. The van der Waals surface area contributed by atoms with Crippen LogP contribution in [0.3, 0.4) is 0 Å². The Bertz CT molecular complexity index is 276. The number of carbonyl (C=O) groups excluding carboxylic acids is 1. The highest BCUT2D eigenvalue weighted by Crippen LogP contribution is 2.30. The summed E-state index contributed by atoms with van der Waals surface area (Å²) in [4.78, 5) is 12.5. The first-order chi connectivity index (χ1) is 7.15. The fourth-order valence-electron chi connectivity index (χ4n) is 1.47. The first-order valence-corrected chi connectivity index (χ1v) is 5.04. The lowest BCUT2D eigenvalue weighted by molar-refractivity contribution is -0.0900. The van der Waals surface area contributed by atoms with Crippen molar-refractivity contribution in [3.8, 4) is 0 Å². The second-order valence-electron chi connectivity index (χ2n) is 4.85. The minimum absolute atomic E-state index is 0.140. The normalized spacial score (nSPS) is 24.6. The van der Waals surface area contributed by atoms with E-state index in [-0.39, 0.29) is 6.54 Å². The van der Waals surface area contributed by atoms with Gasteiger partial charge in [-0.15, -0.1) is 0 Å². The molecule has 1 heterocycles. The van der Waals surface area contributed by atoms with Gasteiger partial charge in [0, 0.05) is 7.11 Å². The molecule has 1 saturated heterocycles. The Kier molecular flexibility index (Phi) is 3.42. The molecule has 1 aliphatic heterocycles. The topological polar surface area (TPSA) is 38.8 Å². The summed E-state index contributed by atoms with van der Waals surface area (Å²) in [5.41, 5.74) is -0.683. The summed E-state index contributed by atoms with van der Waals surface area (Å²) < 4.78 is 36.2. The molecule has 4 nitrogen and oxygen atoms in total. The van der Waals surface area contributed by atoms with Crippen LogP contribution in [0.4, 0.5) is 13.6 Å². The van der Waals surface area contributed by atoms with Gasteiger partial charge in [-0.2, -0.15) is 0 Å². The van der Waals surface area contributed by atoms with E-state index in [2.05, 4.69) is 4.74 Å². The second-order valence-corrected chi connectivity index (χ2v) is 4.85. The number of alkyl halides is 2. The summed E-state index contributed by atoms with van der Waals surface area (Å²) in [5, 5.41) is 0. The van der Waals surface area contributed by atoms with Crippen molar-refractivity contribution < 1.29 is 23.0 Å². The molecule has 0 N–H and O–H groups in total. The number of hydrogen-bond donors (Lipinski definition) is 0. The molecule has 6 heteroatoms. The van der Waals surface area contributed by atoms with Gasteiger partial charge >= 0.3 is 6.09 Å². The quantitative estimate of drug-likeness (QED) is 0.699. The molecule has 0 radical (unpaired) electrons. The van der Waals surface area contributed by atoms with Crippen LogP contribution in [0.2, 0.25) is 0 Å². The van der Waals surface area contributed by atoms with Gasteiger partial charge in [0.2, 0.25) is 0 Å². The fourth-order valence-corrected chi connectivity index (χ4v) is 1.47. The standard InChI is InChI=1S/C10H17F2NO3/c1-9(2,3)16-8(14)13-5-7(15-4)10(11,12)6-13/h7H,5-6H2,1-4H3/t7-/m1/s1. The van der Waals surface area contributed by atoms with E-state index in [9.17, 15) is 13.6 Å². The van der Waals surface area contributed by atoms with E-state index in [1.165, 1.54) is 7.11 Å². The van der Waals surface area contributed by atoms with Crippen molar-refractivity contribution in [3.63, 3.8) is 0 Å². The number of hydrogen-bond acceptors (Lipinski definition) is 3. The van der Waals surface area contributed by atoms with Gasteiger partial charge in [-0.05, 0) is 20.8 Å². The number of carbonyl (C=O) groups is 1. The highest BCUT2D eigenvalue weighted by molar-refractivity contribution is 5.68. The molecular formula is C10H17F2NO3. The van der Waals surface area contributed by atoms with Gasteiger partial charge in [-0.3, -0.25) is 4.90 Å². The van der Waals surface area contributed by atoms with Crippen molar-refractivity contribution in [3.05, 3.63) is 0 Å². The van der Waals surface area contributed by atoms with Crippen LogP contribution >= 0.6 is 0 Å². The molecule has 0 aromatic heterocycles. The zero-order chi connectivity index (χ0) is 12.6. The first-order valence-electron chi connectivity index (χ1n) is 5.04. The molecule has 0 saturated carbocycles. The number of likely N-dealkylation sites (tertiary alicyclic amines) is 1. The maximum Gasteiger partial charge on any atom is 0.410 e. The highest BCUT2D eigenvalue weighted by atomic mass is 19.3. The summed E-state index contributed by atoms with van der Waals surface area (Å²) in [7, 11) is 1.21. The van der Waals surface area contributed by atoms with Gasteiger partial charge in [0.25, 0.3) is 5.92 Å². The number of ether oxygens (including phenoxy) is 2. The smallest absolute Gasteiger partial charge is 0.410 e. The van der Waals surface area contributed by atoms with E-state index >= 15 is 0 Å². The lowest BCUT2D eigenvalue weighted by Gasteiger charge is -2.24. The number of amides is 1. The highest BCUT2D eigenvalue weighted by Gasteiger charge is 2.50. The van der Waals surface area contributed by atoms with E-state index in [0.29, 0.717) is 0 Å². The van der Waals surface area contributed by atoms with Crippen LogP contribution in [0.25, 0.3) is 0 Å². The predicted octanol–water partition coefficient (Wildman–Crippen LogP) is 1.89. The largest absolute Gasteiger partial charge is 0.444 e. The lowest BCUT2D eigenvalue weighted by atomic mass is 10.2. The van der Waals surface area contributed by atoms with Crippen LogP contribution < -0.4 is 0 Å². The van der Waals surface area contributed by atoms with Crippen molar-refractivity contribution >= 4 is 6.09 Å². The van der Waals surface area contributed by atoms with Gasteiger partial charge in [0.05, 0.1) is 13.1 Å². The summed E-state index contributed by atoms with van der Waals surface area (Å²) in [6.45, 7) is 4.27. The van der Waals surface area contributed by atoms with Gasteiger partial charge in [-0.1, -0.05) is 0 Å². The summed E-state index contributed by atoms with van der Waals surface area (Å²) in [6.07, 6.45) is -1.98. The Morgan fingerprint density at radius 2 is 2.00 bits per heavy atom. The van der Waals surface area contributed by atoms with Crippen molar-refractivity contribution in [2.75, 3.05) is 20.2 Å². The Balaban J connectivity index is 2.62. The molecule has 1 aliphatic rings. The van der Waals surface area contributed by atoms with E-state index in [1.807, 2.05) is 0 Å². The number of rotatable bonds is 1. The number of halogens is 2. The minimum atomic E-state index is -3.01. The monoisotopic (exact) mass is 237 g/mol. The van der Waals surface area contributed by atoms with Crippen LogP contribution in [0, 0.1) is 0 Å². The third-order valence-corrected chi connectivity index (χ3v) is 2.20. The van der Waals surface area contributed by atoms with Crippen LogP contribution in [0.15, 0.2) is 0 Å². The van der Waals surface area contributed by atoms with Crippen molar-refractivity contribution in [2.45, 2.75) is 38.4 Å². The third-order valence-electron chi connectivity index (χ3n) is 2.20. The van der Waals surface area contributed by atoms with E-state index in [0.717, 1.165) is 4.90 Å². The lowest BCUT2D eigenvalue weighted by Crippen LogP contribution is -2.36. The number of methoxy groups -OCH3 is 1. The van der Waals surface area contributed by atoms with Crippen molar-refractivity contribution in [1.82, 2.24) is 4.90 Å². The Labute approximate surface area is 93.5 Å². The van der Waals surface area contributed by atoms with Gasteiger partial charge in [0.15, 0.2) is 0 Å². The molecule has 0 bridgehead atoms. The molecule has 0 unspecified atom stereocenters. The summed E-state index contributed by atoms with van der Waals surface area (Å²) >= 11 is 0. The molecule has 0 aromatic rings. The summed E-state index contributed by atoms with van der Waals surface area (Å²) in [6, 6.07) is 0. The molecule has 1 amide bonds. The van der Waals surface area contributed by atoms with Gasteiger partial charge in [0.1, 0.15) is 11.7 Å². The molecular weight excluding hydrogens is 220 g/mol. The molecule has 94 valence electrons. The van der Waals surface area contributed by atoms with Crippen LogP contribution in [-0.4, -0.2) is 48.8 Å². The fraction of sp³-hybridized carbons (Fsp3) is 0.900. The molecule has 1 atom stereocenters. The van der Waals surface area contributed by atoms with Crippen LogP contribution in [0.5, 0.6) is 0 Å². The Morgan fingerprint density at radius 3 is 2.38 bits per heavy atom. The maximum absolute atomic E-state index is 13.3. The minimum Gasteiger partial charge on any atom is -0.444 e. The molecule has 1 rings (SSSR count). The SMILES string of the molecule is CO[C@@H]1CN(C(=O)OC(C)(C)C)CC1(F)F. The number of nitrogens with zero attached hydrogens (tertiary/aromatic N) is 1. The predicted molar refractivity (Wildman–Crippen MR) is 53.6 cm³/mol. The second kappa shape index (κ2) is 4.16. The van der Waals surface area contributed by atoms with E-state index in [4.69, 9.17) is 4.74 Å². The molecule has 0 aliphatic carbocycles. The Hall–Kier alpha value is -0.910. The van der Waals surface area contributed by atoms with Crippen LogP contribution in [-0.2, 0) is 9.47 Å². The van der Waals surface area contributed by atoms with E-state index < -0.39 is 30.3 Å². The van der Waals surface area contributed by atoms with Crippen molar-refractivity contribution in [1.29, 1.82) is 0 Å². The Morgan fingerprint density at radius 1 is 1.44 bits per heavy atom. The first kappa shape index (κ1) is 13.2. The molecule has 0 spiro atoms. The van der Waals surface area contributed by atoms with Crippen LogP contribution in [0.1, 0.15) is 20.8 Å². The summed E-state index contributed by atoms with van der Waals surface area (Å²) in [5.74, 6) is -3.01. The van der Waals surface area contributed by atoms with Gasteiger partial charge in [-0.25, -0.2) is 13.6 Å². The average molecular weight is 237 g/mol. The molecule has 16 heavy (non-hydrogen) atoms. The van der Waals surface area contributed by atoms with E-state index in [1.54, 1.807) is 20.8 Å². The van der Waals surface area contributed by atoms with Crippen molar-refractivity contribution in [2.24, 2.45) is 0 Å². The zero-order valence-corrected chi connectivity index (χ0v) is 9.92. The maximum atomic E-state index is 13.3. The third kappa shape index (κ3) is 3.04. The average Bonchev–Trinajstić information content (AvgIpc) is 2.37.